The fourth-order valence-electron chi connectivity index (χ4n) is 1.11. The van der Waals surface area contributed by atoms with Gasteiger partial charge < -0.3 is 5.32 Å². The van der Waals surface area contributed by atoms with Gasteiger partial charge in [0.05, 0.1) is 0 Å². The number of amides is 1. The molecule has 1 saturated heterocycles. The molecule has 58 valence electrons. The van der Waals surface area contributed by atoms with Crippen LogP contribution in [-0.2, 0) is 4.79 Å². The number of rotatable bonds is 1. The van der Waals surface area contributed by atoms with Gasteiger partial charge >= 0.3 is 0 Å². The molecule has 0 bridgehead atoms. The molecule has 0 aromatic rings. The highest BCUT2D eigenvalue weighted by Gasteiger charge is 2.23. The molecule has 2 atom stereocenters. The third kappa shape index (κ3) is 1.90. The molecule has 0 spiro atoms. The van der Waals surface area contributed by atoms with Crippen LogP contribution in [0, 0.1) is 5.92 Å². The molecule has 0 radical (unpaired) electrons. The minimum absolute atomic E-state index is 0.0966. The number of thioether (sulfide) groups is 1. The van der Waals surface area contributed by atoms with E-state index in [9.17, 15) is 4.79 Å². The average Bonchev–Trinajstić information content (AvgIpc) is 2.15. The van der Waals surface area contributed by atoms with Crippen molar-refractivity contribution in [3.63, 3.8) is 0 Å². The van der Waals surface area contributed by atoms with Crippen molar-refractivity contribution >= 4 is 17.7 Å². The highest BCUT2D eigenvalue weighted by Crippen LogP contribution is 2.23. The third-order valence-electron chi connectivity index (χ3n) is 1.75. The summed E-state index contributed by atoms with van der Waals surface area (Å²) in [7, 11) is 0. The molecule has 0 saturated carbocycles. The molecule has 1 amide bonds. The van der Waals surface area contributed by atoms with Crippen molar-refractivity contribution in [3.8, 4) is 0 Å². The van der Waals surface area contributed by atoms with Gasteiger partial charge in [-0.05, 0) is 11.7 Å². The Labute approximate surface area is 65.8 Å². The molecule has 1 fully saturated rings. The lowest BCUT2D eigenvalue weighted by Gasteiger charge is -2.14. The summed E-state index contributed by atoms with van der Waals surface area (Å²) in [5, 5.41) is 2.93. The summed E-state index contributed by atoms with van der Waals surface area (Å²) in [6.45, 7) is 3.76. The van der Waals surface area contributed by atoms with Gasteiger partial charge in [-0.25, -0.2) is 0 Å². The van der Waals surface area contributed by atoms with Crippen molar-refractivity contribution in [2.75, 3.05) is 11.5 Å². The smallest absolute Gasteiger partial charge is 0.217 e. The SMILES string of the molecule is CC(=O)NC1CSCC1C. The van der Waals surface area contributed by atoms with Gasteiger partial charge in [-0.3, -0.25) is 4.79 Å². The van der Waals surface area contributed by atoms with Crippen LogP contribution in [0.5, 0.6) is 0 Å². The van der Waals surface area contributed by atoms with Crippen molar-refractivity contribution in [2.24, 2.45) is 5.92 Å². The molecule has 2 unspecified atom stereocenters. The lowest BCUT2D eigenvalue weighted by atomic mass is 10.1. The monoisotopic (exact) mass is 159 g/mol. The Balaban J connectivity index is 2.33. The molecule has 1 heterocycles. The van der Waals surface area contributed by atoms with Gasteiger partial charge in [-0.1, -0.05) is 6.92 Å². The molecule has 10 heavy (non-hydrogen) atoms. The van der Waals surface area contributed by atoms with Crippen molar-refractivity contribution in [1.29, 1.82) is 0 Å². The lowest BCUT2D eigenvalue weighted by Crippen LogP contribution is -2.37. The van der Waals surface area contributed by atoms with Crippen LogP contribution in [0.15, 0.2) is 0 Å². The number of carbonyl (C=O) groups is 1. The number of hydrogen-bond donors (Lipinski definition) is 1. The van der Waals surface area contributed by atoms with Crippen LogP contribution >= 0.6 is 11.8 Å². The van der Waals surface area contributed by atoms with Gasteiger partial charge in [0.25, 0.3) is 0 Å². The van der Waals surface area contributed by atoms with Crippen LogP contribution in [-0.4, -0.2) is 23.5 Å². The second-order valence-electron chi connectivity index (χ2n) is 2.82. The standard InChI is InChI=1S/C7H13NOS/c1-5-3-10-4-7(5)8-6(2)9/h5,7H,3-4H2,1-2H3,(H,8,9). The largest absolute Gasteiger partial charge is 0.352 e. The summed E-state index contributed by atoms with van der Waals surface area (Å²) in [6, 6.07) is 0.419. The third-order valence-corrected chi connectivity index (χ3v) is 3.11. The summed E-state index contributed by atoms with van der Waals surface area (Å²) < 4.78 is 0. The van der Waals surface area contributed by atoms with Crippen molar-refractivity contribution in [2.45, 2.75) is 19.9 Å². The van der Waals surface area contributed by atoms with Crippen LogP contribution in [0.1, 0.15) is 13.8 Å². The molecule has 1 rings (SSSR count). The van der Waals surface area contributed by atoms with E-state index in [1.54, 1.807) is 6.92 Å². The Hall–Kier alpha value is -0.180. The Bertz CT molecular complexity index is 138. The predicted octanol–water partition coefficient (Wildman–Crippen LogP) is 0.874. The van der Waals surface area contributed by atoms with E-state index in [0.717, 1.165) is 5.75 Å². The second kappa shape index (κ2) is 3.28. The van der Waals surface area contributed by atoms with Gasteiger partial charge in [0, 0.05) is 18.7 Å². The molecule has 1 N–H and O–H groups in total. The highest BCUT2D eigenvalue weighted by molar-refractivity contribution is 7.99. The Morgan fingerprint density at radius 1 is 1.60 bits per heavy atom. The molecular weight excluding hydrogens is 146 g/mol. The zero-order valence-corrected chi connectivity index (χ0v) is 7.20. The van der Waals surface area contributed by atoms with E-state index in [2.05, 4.69) is 12.2 Å². The molecular formula is C7H13NOS. The first-order valence-corrected chi connectivity index (χ1v) is 4.70. The maximum Gasteiger partial charge on any atom is 0.217 e. The summed E-state index contributed by atoms with van der Waals surface area (Å²) in [5.74, 6) is 3.01. The molecule has 3 heteroatoms. The van der Waals surface area contributed by atoms with E-state index in [1.807, 2.05) is 11.8 Å². The van der Waals surface area contributed by atoms with Gasteiger partial charge in [-0.2, -0.15) is 11.8 Å². The molecule has 0 aromatic carbocycles. The van der Waals surface area contributed by atoms with E-state index in [1.165, 1.54) is 5.75 Å². The fraction of sp³-hybridized carbons (Fsp3) is 0.857. The van der Waals surface area contributed by atoms with Crippen LogP contribution < -0.4 is 5.32 Å². The van der Waals surface area contributed by atoms with Crippen molar-refractivity contribution < 1.29 is 4.79 Å². The zero-order valence-electron chi connectivity index (χ0n) is 6.39. The quantitative estimate of drug-likeness (QED) is 0.615. The zero-order chi connectivity index (χ0) is 7.56. The van der Waals surface area contributed by atoms with E-state index in [4.69, 9.17) is 0 Å². The summed E-state index contributed by atoms with van der Waals surface area (Å²) in [6.07, 6.45) is 0. The summed E-state index contributed by atoms with van der Waals surface area (Å²) in [5.41, 5.74) is 0. The number of carbonyl (C=O) groups excluding carboxylic acids is 1. The first kappa shape index (κ1) is 7.92. The van der Waals surface area contributed by atoms with E-state index in [-0.39, 0.29) is 5.91 Å². The Morgan fingerprint density at radius 2 is 2.30 bits per heavy atom. The van der Waals surface area contributed by atoms with E-state index < -0.39 is 0 Å². The normalized spacial score (nSPS) is 32.2. The second-order valence-corrected chi connectivity index (χ2v) is 3.90. The first-order valence-electron chi connectivity index (χ1n) is 3.55. The van der Waals surface area contributed by atoms with E-state index >= 15 is 0 Å². The van der Waals surface area contributed by atoms with Crippen molar-refractivity contribution in [3.05, 3.63) is 0 Å². The van der Waals surface area contributed by atoms with Crippen LogP contribution in [0.2, 0.25) is 0 Å². The number of hydrogen-bond acceptors (Lipinski definition) is 2. The molecule has 1 aliphatic heterocycles. The molecule has 0 aromatic heterocycles. The summed E-state index contributed by atoms with van der Waals surface area (Å²) in [4.78, 5) is 10.6. The Morgan fingerprint density at radius 3 is 2.70 bits per heavy atom. The maximum absolute atomic E-state index is 10.6. The van der Waals surface area contributed by atoms with E-state index in [0.29, 0.717) is 12.0 Å². The topological polar surface area (TPSA) is 29.1 Å². The van der Waals surface area contributed by atoms with Crippen LogP contribution in [0.3, 0.4) is 0 Å². The fourth-order valence-corrected chi connectivity index (χ4v) is 2.51. The minimum Gasteiger partial charge on any atom is -0.352 e. The predicted molar refractivity (Wildman–Crippen MR) is 44.1 cm³/mol. The first-order chi connectivity index (χ1) is 4.70. The molecule has 2 nitrogen and oxygen atoms in total. The summed E-state index contributed by atoms with van der Waals surface area (Å²) >= 11 is 1.92. The van der Waals surface area contributed by atoms with Gasteiger partial charge in [-0.15, -0.1) is 0 Å². The van der Waals surface area contributed by atoms with Gasteiger partial charge in [0.15, 0.2) is 0 Å². The lowest BCUT2D eigenvalue weighted by molar-refractivity contribution is -0.119. The van der Waals surface area contributed by atoms with Gasteiger partial charge in [0.1, 0.15) is 0 Å². The van der Waals surface area contributed by atoms with Crippen molar-refractivity contribution in [1.82, 2.24) is 5.32 Å². The minimum atomic E-state index is 0.0966. The highest BCUT2D eigenvalue weighted by atomic mass is 32.2. The Kier molecular flexibility index (Phi) is 2.60. The average molecular weight is 159 g/mol. The maximum atomic E-state index is 10.6. The molecule has 0 aliphatic carbocycles. The van der Waals surface area contributed by atoms with Gasteiger partial charge in [0.2, 0.25) is 5.91 Å². The van der Waals surface area contributed by atoms with Crippen LogP contribution in [0.25, 0.3) is 0 Å². The van der Waals surface area contributed by atoms with Crippen LogP contribution in [0.4, 0.5) is 0 Å². The number of nitrogens with one attached hydrogen (secondary N) is 1. The molecule has 1 aliphatic rings.